The number of rotatable bonds is 2. The lowest BCUT2D eigenvalue weighted by Gasteiger charge is -2.09. The van der Waals surface area contributed by atoms with Crippen LogP contribution in [0.2, 0.25) is 0 Å². The molecule has 0 saturated heterocycles. The van der Waals surface area contributed by atoms with Crippen LogP contribution in [0.3, 0.4) is 0 Å². The van der Waals surface area contributed by atoms with Gasteiger partial charge in [0, 0.05) is 0 Å². The molecule has 0 aromatic heterocycles. The Kier molecular flexibility index (Phi) is 3.90. The molecule has 0 N–H and O–H groups in total. The largest absolute Gasteiger partial charge is 0.106 e. The van der Waals surface area contributed by atoms with Crippen LogP contribution in [-0.2, 0) is 0 Å². The van der Waals surface area contributed by atoms with E-state index in [0.29, 0.717) is 0 Å². The quantitative estimate of drug-likeness (QED) is 0.573. The first-order valence-corrected chi connectivity index (χ1v) is 7.75. The zero-order chi connectivity index (χ0) is 14.8. The molecule has 1 unspecified atom stereocenters. The van der Waals surface area contributed by atoms with Gasteiger partial charge in [0.25, 0.3) is 0 Å². The van der Waals surface area contributed by atoms with Gasteiger partial charge in [0.1, 0.15) is 0 Å². The van der Waals surface area contributed by atoms with Crippen LogP contribution in [0.4, 0.5) is 0 Å². The van der Waals surface area contributed by atoms with E-state index in [1.165, 1.54) is 38.7 Å². The van der Waals surface area contributed by atoms with Crippen LogP contribution in [0, 0.1) is 13.8 Å². The summed E-state index contributed by atoms with van der Waals surface area (Å²) in [5.74, 6) is 0. The van der Waals surface area contributed by atoms with E-state index in [-0.39, 0.29) is 0 Å². The summed E-state index contributed by atoms with van der Waals surface area (Å²) in [7, 11) is 2.75. The van der Waals surface area contributed by atoms with Gasteiger partial charge in [-0.1, -0.05) is 72.3 Å². The summed E-state index contributed by atoms with van der Waals surface area (Å²) in [4.78, 5) is 0. The molecule has 0 heterocycles. The van der Waals surface area contributed by atoms with Crippen LogP contribution >= 0.6 is 9.24 Å². The Morgan fingerprint density at radius 3 is 1.71 bits per heavy atom. The van der Waals surface area contributed by atoms with Gasteiger partial charge < -0.3 is 0 Å². The van der Waals surface area contributed by atoms with Crippen molar-refractivity contribution in [2.45, 2.75) is 13.8 Å². The van der Waals surface area contributed by atoms with Gasteiger partial charge in [0.05, 0.1) is 0 Å². The van der Waals surface area contributed by atoms with Gasteiger partial charge in [0.15, 0.2) is 0 Å². The third-order valence-corrected chi connectivity index (χ3v) is 4.19. The van der Waals surface area contributed by atoms with Crippen molar-refractivity contribution in [2.75, 3.05) is 0 Å². The van der Waals surface area contributed by atoms with E-state index in [1.807, 2.05) is 0 Å². The van der Waals surface area contributed by atoms with Crippen molar-refractivity contribution in [3.05, 3.63) is 77.9 Å². The molecule has 0 aliphatic heterocycles. The Balaban J connectivity index is 1.95. The molecule has 1 atom stereocenters. The Morgan fingerprint density at radius 2 is 1.14 bits per heavy atom. The molecule has 0 radical (unpaired) electrons. The zero-order valence-electron chi connectivity index (χ0n) is 12.4. The minimum atomic E-state index is 1.23. The van der Waals surface area contributed by atoms with E-state index in [9.17, 15) is 0 Å². The molecule has 3 rings (SSSR count). The van der Waals surface area contributed by atoms with Gasteiger partial charge in [-0.2, -0.15) is 0 Å². The van der Waals surface area contributed by atoms with Gasteiger partial charge in [-0.3, -0.25) is 0 Å². The first kappa shape index (κ1) is 14.0. The number of benzene rings is 3. The summed E-state index contributed by atoms with van der Waals surface area (Å²) in [6, 6.07) is 24.0. The first-order valence-electron chi connectivity index (χ1n) is 7.17. The third-order valence-electron chi connectivity index (χ3n) is 3.83. The van der Waals surface area contributed by atoms with Crippen molar-refractivity contribution in [1.29, 1.82) is 0 Å². The lowest BCUT2D eigenvalue weighted by Crippen LogP contribution is -1.93. The van der Waals surface area contributed by atoms with Gasteiger partial charge in [0.2, 0.25) is 0 Å². The Hall–Kier alpha value is -1.91. The molecular weight excluding hydrogens is 271 g/mol. The number of hydrogen-bond acceptors (Lipinski definition) is 0. The minimum Gasteiger partial charge on any atom is -0.106 e. The van der Waals surface area contributed by atoms with E-state index in [0.717, 1.165) is 0 Å². The molecule has 1 heteroatoms. The molecule has 21 heavy (non-hydrogen) atoms. The summed E-state index contributed by atoms with van der Waals surface area (Å²) in [6.45, 7) is 4.28. The maximum Gasteiger partial charge on any atom is -0.0154 e. The second kappa shape index (κ2) is 5.84. The molecule has 104 valence electrons. The monoisotopic (exact) mass is 290 g/mol. The molecule has 0 fully saturated rings. The zero-order valence-corrected chi connectivity index (χ0v) is 13.6. The van der Waals surface area contributed by atoms with Crippen molar-refractivity contribution in [3.63, 3.8) is 0 Å². The maximum atomic E-state index is 2.75. The highest BCUT2D eigenvalue weighted by atomic mass is 31.0. The maximum absolute atomic E-state index is 2.75. The molecule has 0 bridgehead atoms. The average Bonchev–Trinajstić information content (AvgIpc) is 2.48. The van der Waals surface area contributed by atoms with Gasteiger partial charge >= 0.3 is 0 Å². The molecule has 0 saturated carbocycles. The predicted molar refractivity (Wildman–Crippen MR) is 96.1 cm³/mol. The fraction of sp³-hybridized carbons (Fsp3) is 0.100. The van der Waals surface area contributed by atoms with Crippen molar-refractivity contribution >= 4 is 14.5 Å². The second-order valence-corrected chi connectivity index (χ2v) is 6.18. The van der Waals surface area contributed by atoms with Crippen molar-refractivity contribution < 1.29 is 0 Å². The van der Waals surface area contributed by atoms with Gasteiger partial charge in [-0.15, -0.1) is 9.24 Å². The van der Waals surface area contributed by atoms with Crippen LogP contribution in [0.25, 0.3) is 22.3 Å². The predicted octanol–water partition coefficient (Wildman–Crippen LogP) is 5.14. The van der Waals surface area contributed by atoms with Crippen molar-refractivity contribution in [3.8, 4) is 22.3 Å². The first-order chi connectivity index (χ1) is 10.1. The van der Waals surface area contributed by atoms with Crippen molar-refractivity contribution in [1.82, 2.24) is 0 Å². The van der Waals surface area contributed by atoms with Crippen molar-refractivity contribution in [2.24, 2.45) is 0 Å². The Bertz CT molecular complexity index is 753. The molecule has 0 aliphatic rings. The molecule has 0 amide bonds. The Morgan fingerprint density at radius 1 is 0.619 bits per heavy atom. The molecule has 0 aliphatic carbocycles. The van der Waals surface area contributed by atoms with E-state index in [4.69, 9.17) is 0 Å². The lowest BCUT2D eigenvalue weighted by molar-refractivity contribution is 1.46. The fourth-order valence-corrected chi connectivity index (χ4v) is 2.95. The van der Waals surface area contributed by atoms with Gasteiger partial charge in [-0.05, 0) is 47.0 Å². The second-order valence-electron chi connectivity index (χ2n) is 5.52. The summed E-state index contributed by atoms with van der Waals surface area (Å²) in [6.07, 6.45) is 0. The molecule has 3 aromatic carbocycles. The third kappa shape index (κ3) is 3.06. The SMILES string of the molecule is Cc1ccc(-c2ccc(-c3ccc(P)cc3C)cc2)cc1. The van der Waals surface area contributed by atoms with Crippen LogP contribution in [0.5, 0.6) is 0 Å². The van der Waals surface area contributed by atoms with E-state index in [2.05, 4.69) is 89.8 Å². The molecule has 3 aromatic rings. The normalized spacial score (nSPS) is 10.6. The number of hydrogen-bond donors (Lipinski definition) is 0. The van der Waals surface area contributed by atoms with Crippen LogP contribution in [0.1, 0.15) is 11.1 Å². The topological polar surface area (TPSA) is 0 Å². The highest BCUT2D eigenvalue weighted by Crippen LogP contribution is 2.27. The highest BCUT2D eigenvalue weighted by Gasteiger charge is 2.03. The lowest BCUT2D eigenvalue weighted by atomic mass is 9.97. The van der Waals surface area contributed by atoms with Crippen LogP contribution in [-0.4, -0.2) is 0 Å². The minimum absolute atomic E-state index is 1.23. The van der Waals surface area contributed by atoms with E-state index < -0.39 is 0 Å². The summed E-state index contributed by atoms with van der Waals surface area (Å²) in [5.41, 5.74) is 7.71. The highest BCUT2D eigenvalue weighted by molar-refractivity contribution is 7.27. The Labute approximate surface area is 129 Å². The van der Waals surface area contributed by atoms with Crippen LogP contribution < -0.4 is 5.30 Å². The summed E-state index contributed by atoms with van der Waals surface area (Å²) < 4.78 is 0. The number of aryl methyl sites for hydroxylation is 2. The summed E-state index contributed by atoms with van der Waals surface area (Å²) in [5, 5.41) is 1.23. The standard InChI is InChI=1S/C20H19P/c1-14-3-5-16(6-4-14)17-7-9-18(10-8-17)20-12-11-19(21)13-15(20)2/h3-13H,21H2,1-2H3. The molecule has 0 nitrogen and oxygen atoms in total. The van der Waals surface area contributed by atoms with E-state index >= 15 is 0 Å². The van der Waals surface area contributed by atoms with E-state index in [1.54, 1.807) is 0 Å². The smallest absolute Gasteiger partial charge is 0.0154 e. The fourth-order valence-electron chi connectivity index (χ4n) is 2.60. The average molecular weight is 290 g/mol. The molecular formula is C20H19P. The van der Waals surface area contributed by atoms with Gasteiger partial charge in [-0.25, -0.2) is 0 Å². The molecule has 0 spiro atoms. The summed E-state index contributed by atoms with van der Waals surface area (Å²) >= 11 is 0. The van der Waals surface area contributed by atoms with Crippen LogP contribution in [0.15, 0.2) is 66.7 Å².